The van der Waals surface area contributed by atoms with E-state index in [1.165, 1.54) is 5.56 Å². The molecule has 6 nitrogen and oxygen atoms in total. The van der Waals surface area contributed by atoms with Crippen LogP contribution >= 0.6 is 24.0 Å². The molecule has 1 amide bonds. The molecule has 1 aromatic carbocycles. The van der Waals surface area contributed by atoms with Crippen LogP contribution in [0, 0.1) is 0 Å². The van der Waals surface area contributed by atoms with Crippen LogP contribution < -0.4 is 15.4 Å². The summed E-state index contributed by atoms with van der Waals surface area (Å²) in [7, 11) is 5.13. The topological polar surface area (TPSA) is 66.0 Å². The van der Waals surface area contributed by atoms with E-state index >= 15 is 0 Å². The number of likely N-dealkylation sites (N-methyl/N-ethyl adjacent to an activating group) is 1. The van der Waals surface area contributed by atoms with Gasteiger partial charge in [-0.15, -0.1) is 24.0 Å². The molecule has 1 aromatic rings. The van der Waals surface area contributed by atoms with E-state index in [4.69, 9.17) is 4.74 Å². The van der Waals surface area contributed by atoms with E-state index in [9.17, 15) is 4.79 Å². The molecule has 0 bridgehead atoms. The van der Waals surface area contributed by atoms with Crippen LogP contribution in [0.15, 0.2) is 29.3 Å². The first-order valence-electron chi connectivity index (χ1n) is 8.34. The highest BCUT2D eigenvalue weighted by Gasteiger charge is 2.07. The number of aliphatic imine (C=N–C) groups is 1. The molecule has 0 aromatic heterocycles. The van der Waals surface area contributed by atoms with Crippen molar-refractivity contribution in [1.29, 1.82) is 0 Å². The molecule has 1 rings (SSSR count). The molecule has 0 aliphatic rings. The summed E-state index contributed by atoms with van der Waals surface area (Å²) in [6.45, 7) is 5.08. The van der Waals surface area contributed by atoms with Crippen LogP contribution in [0.4, 0.5) is 0 Å². The minimum atomic E-state index is -0.0181. The van der Waals surface area contributed by atoms with Gasteiger partial charge in [-0.1, -0.05) is 19.1 Å². The summed E-state index contributed by atoms with van der Waals surface area (Å²) < 4.78 is 5.16. The lowest BCUT2D eigenvalue weighted by molar-refractivity contribution is -0.127. The van der Waals surface area contributed by atoms with Crippen molar-refractivity contribution in [2.45, 2.75) is 32.7 Å². The molecule has 1 unspecified atom stereocenters. The van der Waals surface area contributed by atoms with E-state index < -0.39 is 0 Å². The molecule has 7 heteroatoms. The molecule has 0 saturated carbocycles. The lowest BCUT2D eigenvalue weighted by Crippen LogP contribution is -2.43. The fourth-order valence-electron chi connectivity index (χ4n) is 1.89. The first kappa shape index (κ1) is 23.5. The fourth-order valence-corrected chi connectivity index (χ4v) is 1.89. The molecule has 0 saturated heterocycles. The SMILES string of the molecule is CCC(C)NC(=NCC(=O)N(C)C)NCCc1ccc(OC)cc1.I. The van der Waals surface area contributed by atoms with E-state index in [2.05, 4.69) is 41.6 Å². The molecule has 0 aliphatic heterocycles. The monoisotopic (exact) mass is 462 g/mol. The van der Waals surface area contributed by atoms with E-state index in [1.807, 2.05) is 12.1 Å². The number of guanidine groups is 1. The predicted molar refractivity (Wildman–Crippen MR) is 114 cm³/mol. The Morgan fingerprint density at radius 3 is 2.44 bits per heavy atom. The summed E-state index contributed by atoms with van der Waals surface area (Å²) in [5, 5.41) is 6.61. The van der Waals surface area contributed by atoms with Gasteiger partial charge in [0.25, 0.3) is 0 Å². The molecule has 1 atom stereocenters. The third-order valence-electron chi connectivity index (χ3n) is 3.73. The smallest absolute Gasteiger partial charge is 0.243 e. The highest BCUT2D eigenvalue weighted by Crippen LogP contribution is 2.11. The average molecular weight is 462 g/mol. The molecule has 0 radical (unpaired) electrons. The summed E-state index contributed by atoms with van der Waals surface area (Å²) in [6, 6.07) is 8.31. The summed E-state index contributed by atoms with van der Waals surface area (Å²) in [5.41, 5.74) is 1.22. The summed E-state index contributed by atoms with van der Waals surface area (Å²) in [4.78, 5) is 17.6. The quantitative estimate of drug-likeness (QED) is 0.354. The minimum absolute atomic E-state index is 0. The number of rotatable bonds is 8. The fraction of sp³-hybridized carbons (Fsp3) is 0.556. The Hall–Kier alpha value is -1.51. The van der Waals surface area contributed by atoms with Crippen molar-refractivity contribution >= 4 is 35.8 Å². The van der Waals surface area contributed by atoms with Crippen LogP contribution in [0.5, 0.6) is 5.75 Å². The summed E-state index contributed by atoms with van der Waals surface area (Å²) >= 11 is 0. The number of nitrogens with one attached hydrogen (secondary N) is 2. The third-order valence-corrected chi connectivity index (χ3v) is 3.73. The van der Waals surface area contributed by atoms with Gasteiger partial charge < -0.3 is 20.3 Å². The van der Waals surface area contributed by atoms with Crippen LogP contribution in [0.1, 0.15) is 25.8 Å². The maximum atomic E-state index is 11.7. The zero-order valence-corrected chi connectivity index (χ0v) is 18.2. The van der Waals surface area contributed by atoms with Crippen LogP contribution in [0.3, 0.4) is 0 Å². The molecule has 142 valence electrons. The largest absolute Gasteiger partial charge is 0.497 e. The molecule has 0 aliphatic carbocycles. The van der Waals surface area contributed by atoms with Gasteiger partial charge in [0.1, 0.15) is 12.3 Å². The third kappa shape index (κ3) is 9.52. The van der Waals surface area contributed by atoms with Crippen molar-refractivity contribution in [1.82, 2.24) is 15.5 Å². The number of carbonyl (C=O) groups is 1. The highest BCUT2D eigenvalue weighted by atomic mass is 127. The van der Waals surface area contributed by atoms with Crippen LogP contribution in [-0.4, -0.2) is 57.1 Å². The van der Waals surface area contributed by atoms with Gasteiger partial charge in [-0.3, -0.25) is 4.79 Å². The molecular weight excluding hydrogens is 431 g/mol. The average Bonchev–Trinajstić information content (AvgIpc) is 2.59. The normalized spacial score (nSPS) is 12.0. The van der Waals surface area contributed by atoms with Crippen molar-refractivity contribution < 1.29 is 9.53 Å². The number of benzene rings is 1. The molecule has 0 fully saturated rings. The number of hydrogen-bond acceptors (Lipinski definition) is 3. The lowest BCUT2D eigenvalue weighted by atomic mass is 10.1. The van der Waals surface area contributed by atoms with E-state index in [1.54, 1.807) is 26.1 Å². The molecule has 0 spiro atoms. The van der Waals surface area contributed by atoms with Crippen molar-refractivity contribution in [2.75, 3.05) is 34.3 Å². The van der Waals surface area contributed by atoms with Crippen LogP contribution in [-0.2, 0) is 11.2 Å². The van der Waals surface area contributed by atoms with Crippen molar-refractivity contribution in [2.24, 2.45) is 4.99 Å². The van der Waals surface area contributed by atoms with Gasteiger partial charge in [0.2, 0.25) is 5.91 Å². The van der Waals surface area contributed by atoms with Gasteiger partial charge in [-0.05, 0) is 37.5 Å². The van der Waals surface area contributed by atoms with Gasteiger partial charge in [0.05, 0.1) is 7.11 Å². The highest BCUT2D eigenvalue weighted by molar-refractivity contribution is 14.0. The molecular formula is C18H31IN4O2. The zero-order valence-electron chi connectivity index (χ0n) is 15.8. The Kier molecular flexibility index (Phi) is 12.0. The first-order chi connectivity index (χ1) is 11.5. The van der Waals surface area contributed by atoms with E-state index in [0.29, 0.717) is 12.0 Å². The minimum Gasteiger partial charge on any atom is -0.497 e. The number of methoxy groups -OCH3 is 1. The Balaban J connectivity index is 0.00000576. The van der Waals surface area contributed by atoms with Crippen LogP contribution in [0.25, 0.3) is 0 Å². The lowest BCUT2D eigenvalue weighted by Gasteiger charge is -2.17. The second-order valence-corrected chi connectivity index (χ2v) is 5.93. The summed E-state index contributed by atoms with van der Waals surface area (Å²) in [5.74, 6) is 1.51. The van der Waals surface area contributed by atoms with E-state index in [0.717, 1.165) is 25.1 Å². The maximum Gasteiger partial charge on any atom is 0.243 e. The standard InChI is InChI=1S/C18H30N4O2.HI/c1-6-14(2)21-18(20-13-17(23)22(3)4)19-12-11-15-7-9-16(24-5)10-8-15;/h7-10,14H,6,11-13H2,1-5H3,(H2,19,20,21);1H. The van der Waals surface area contributed by atoms with E-state index in [-0.39, 0.29) is 36.4 Å². The zero-order chi connectivity index (χ0) is 17.9. The number of ether oxygens (including phenoxy) is 1. The Morgan fingerprint density at radius 2 is 1.92 bits per heavy atom. The number of hydrogen-bond donors (Lipinski definition) is 2. The number of amides is 1. The van der Waals surface area contributed by atoms with Crippen molar-refractivity contribution in [3.05, 3.63) is 29.8 Å². The molecule has 0 heterocycles. The predicted octanol–water partition coefficient (Wildman–Crippen LogP) is 2.28. The van der Waals surface area contributed by atoms with Gasteiger partial charge in [0, 0.05) is 26.7 Å². The first-order valence-corrected chi connectivity index (χ1v) is 8.34. The maximum absolute atomic E-state index is 11.7. The molecule has 2 N–H and O–H groups in total. The van der Waals surface area contributed by atoms with Gasteiger partial charge in [-0.25, -0.2) is 4.99 Å². The van der Waals surface area contributed by atoms with Gasteiger partial charge in [-0.2, -0.15) is 0 Å². The Labute approximate surface area is 168 Å². The van der Waals surface area contributed by atoms with Crippen molar-refractivity contribution in [3.63, 3.8) is 0 Å². The number of halogens is 1. The van der Waals surface area contributed by atoms with Crippen LogP contribution in [0.2, 0.25) is 0 Å². The van der Waals surface area contributed by atoms with Gasteiger partial charge >= 0.3 is 0 Å². The number of carbonyl (C=O) groups excluding carboxylic acids is 1. The number of nitrogens with zero attached hydrogens (tertiary/aromatic N) is 2. The Morgan fingerprint density at radius 1 is 1.28 bits per heavy atom. The van der Waals surface area contributed by atoms with Gasteiger partial charge in [0.15, 0.2) is 5.96 Å². The summed E-state index contributed by atoms with van der Waals surface area (Å²) in [6.07, 6.45) is 1.85. The second kappa shape index (κ2) is 12.8. The Bertz CT molecular complexity index is 532. The van der Waals surface area contributed by atoms with Crippen molar-refractivity contribution in [3.8, 4) is 5.75 Å². The second-order valence-electron chi connectivity index (χ2n) is 5.93. The molecule has 25 heavy (non-hydrogen) atoms.